The molecule has 0 bridgehead atoms. The van der Waals surface area contributed by atoms with Gasteiger partial charge in [0.05, 0.1) is 13.0 Å². The van der Waals surface area contributed by atoms with Crippen LogP contribution >= 0.6 is 0 Å². The number of rotatable bonds is 3. The van der Waals surface area contributed by atoms with E-state index < -0.39 is 16.1 Å². The van der Waals surface area contributed by atoms with Crippen molar-refractivity contribution in [2.24, 2.45) is 0 Å². The number of hydrogen-bond acceptors (Lipinski definition) is 2. The Morgan fingerprint density at radius 1 is 0.958 bits per heavy atom. The van der Waals surface area contributed by atoms with E-state index in [1.165, 1.54) is 21.1 Å². The molecule has 1 heterocycles. The normalized spacial score (nSPS) is 16.2. The van der Waals surface area contributed by atoms with E-state index in [4.69, 9.17) is 0 Å². The molecular weight excluding hydrogens is 330 g/mol. The maximum Gasteiger partial charge on any atom is 0.269 e. The molecule has 0 N–H and O–H groups in total. The molecule has 3 rings (SSSR count). The lowest BCUT2D eigenvalue weighted by atomic mass is 10.1. The lowest BCUT2D eigenvalue weighted by molar-refractivity contribution is -0.384. The van der Waals surface area contributed by atoms with E-state index in [9.17, 15) is 10.1 Å². The number of fused-ring (bicyclic) bond motifs is 1. The molecule has 1 aliphatic rings. The van der Waals surface area contributed by atoms with Crippen molar-refractivity contribution in [3.05, 3.63) is 69.8 Å². The van der Waals surface area contributed by atoms with Gasteiger partial charge >= 0.3 is 0 Å². The van der Waals surface area contributed by atoms with Gasteiger partial charge in [-0.1, -0.05) is 62.2 Å². The Morgan fingerprint density at radius 3 is 2.08 bits per heavy atom. The second-order valence-electron chi connectivity index (χ2n) is 7.97. The second-order valence-corrected chi connectivity index (χ2v) is 17.3. The zero-order chi connectivity index (χ0) is 17.7. The SMILES string of the molecule is C[Si](C)(C)C1=C(c2ccc([N+](=O)[O-])cc2)[Si](C)(C)c2ccccc21. The fraction of sp³-hybridized carbons (Fsp3) is 0.263. The van der Waals surface area contributed by atoms with Gasteiger partial charge in [0.15, 0.2) is 0 Å². The van der Waals surface area contributed by atoms with Gasteiger partial charge < -0.3 is 0 Å². The molecule has 1 aliphatic heterocycles. The van der Waals surface area contributed by atoms with Gasteiger partial charge in [-0.3, -0.25) is 10.1 Å². The lowest BCUT2D eigenvalue weighted by Gasteiger charge is -2.26. The number of benzene rings is 2. The van der Waals surface area contributed by atoms with Gasteiger partial charge in [0, 0.05) is 12.1 Å². The van der Waals surface area contributed by atoms with Crippen LogP contribution in [-0.4, -0.2) is 21.1 Å². The highest BCUT2D eigenvalue weighted by Gasteiger charge is 2.43. The van der Waals surface area contributed by atoms with Crippen LogP contribution in [0.1, 0.15) is 11.1 Å². The molecule has 3 nitrogen and oxygen atoms in total. The first kappa shape index (κ1) is 16.9. The van der Waals surface area contributed by atoms with E-state index in [1.54, 1.807) is 12.1 Å². The molecular formula is C19H23NO2Si2. The Kier molecular flexibility index (Phi) is 3.88. The minimum atomic E-state index is -1.80. The van der Waals surface area contributed by atoms with Crippen LogP contribution in [0.25, 0.3) is 10.4 Å². The number of nitrogens with zero attached hydrogens (tertiary/aromatic N) is 1. The van der Waals surface area contributed by atoms with E-state index in [-0.39, 0.29) is 10.6 Å². The smallest absolute Gasteiger partial charge is 0.258 e. The maximum atomic E-state index is 11.0. The van der Waals surface area contributed by atoms with E-state index in [0.717, 1.165) is 5.56 Å². The summed E-state index contributed by atoms with van der Waals surface area (Å²) >= 11 is 0. The summed E-state index contributed by atoms with van der Waals surface area (Å²) < 4.78 is 0. The predicted octanol–water partition coefficient (Wildman–Crippen LogP) is 4.85. The monoisotopic (exact) mass is 353 g/mol. The number of nitro groups is 1. The summed E-state index contributed by atoms with van der Waals surface area (Å²) in [6.07, 6.45) is 0. The summed E-state index contributed by atoms with van der Waals surface area (Å²) in [5, 5.41) is 15.5. The highest BCUT2D eigenvalue weighted by Crippen LogP contribution is 2.44. The van der Waals surface area contributed by atoms with Gasteiger partial charge in [0.2, 0.25) is 0 Å². The molecule has 0 amide bonds. The Labute approximate surface area is 145 Å². The molecule has 124 valence electrons. The molecule has 0 fully saturated rings. The van der Waals surface area contributed by atoms with Gasteiger partial charge in [0.25, 0.3) is 5.69 Å². The number of hydrogen-bond donors (Lipinski definition) is 0. The third-order valence-corrected chi connectivity index (χ3v) is 10.7. The molecule has 0 atom stereocenters. The molecule has 0 unspecified atom stereocenters. The fourth-order valence-corrected chi connectivity index (χ4v) is 11.3. The fourth-order valence-electron chi connectivity index (χ4n) is 3.86. The van der Waals surface area contributed by atoms with Crippen LogP contribution in [0.15, 0.2) is 48.5 Å². The van der Waals surface area contributed by atoms with Crippen LogP contribution in [0.2, 0.25) is 32.7 Å². The average Bonchev–Trinajstić information content (AvgIpc) is 2.75. The quantitative estimate of drug-likeness (QED) is 0.450. The molecule has 0 saturated heterocycles. The van der Waals surface area contributed by atoms with E-state index in [0.29, 0.717) is 0 Å². The molecule has 0 spiro atoms. The molecule has 24 heavy (non-hydrogen) atoms. The Balaban J connectivity index is 2.28. The molecule has 0 saturated carbocycles. The minimum absolute atomic E-state index is 0.156. The van der Waals surface area contributed by atoms with Gasteiger partial charge in [0.1, 0.15) is 8.07 Å². The Morgan fingerprint density at radius 2 is 1.54 bits per heavy atom. The second kappa shape index (κ2) is 5.53. The van der Waals surface area contributed by atoms with Crippen molar-refractivity contribution < 1.29 is 4.92 Å². The zero-order valence-corrected chi connectivity index (χ0v) is 16.9. The van der Waals surface area contributed by atoms with Crippen LogP contribution in [-0.2, 0) is 0 Å². The lowest BCUT2D eigenvalue weighted by Crippen LogP contribution is -2.40. The Bertz CT molecular complexity index is 846. The summed E-state index contributed by atoms with van der Waals surface area (Å²) in [6, 6.07) is 15.9. The van der Waals surface area contributed by atoms with Crippen molar-refractivity contribution in [3.8, 4) is 0 Å². The maximum absolute atomic E-state index is 11.0. The Hall–Kier alpha value is -1.99. The molecule has 0 aromatic heterocycles. The van der Waals surface area contributed by atoms with E-state index in [2.05, 4.69) is 57.0 Å². The standard InChI is InChI=1S/C19H23NO2Si2/c1-23(2,3)19-16-8-6-7-9-17(16)24(4,5)18(19)14-10-12-15(13-11-14)20(21)22/h6-13H,1-5H3. The first-order valence-electron chi connectivity index (χ1n) is 8.24. The average molecular weight is 354 g/mol. The van der Waals surface area contributed by atoms with Crippen LogP contribution in [0.4, 0.5) is 5.69 Å². The van der Waals surface area contributed by atoms with Crippen molar-refractivity contribution >= 4 is 37.4 Å². The van der Waals surface area contributed by atoms with Gasteiger partial charge in [-0.2, -0.15) is 0 Å². The minimum Gasteiger partial charge on any atom is -0.258 e. The summed E-state index contributed by atoms with van der Waals surface area (Å²) in [7, 11) is -3.37. The van der Waals surface area contributed by atoms with E-state index in [1.807, 2.05) is 12.1 Å². The van der Waals surface area contributed by atoms with Gasteiger partial charge in [-0.25, -0.2) is 0 Å². The largest absolute Gasteiger partial charge is 0.269 e. The van der Waals surface area contributed by atoms with Crippen molar-refractivity contribution in [2.45, 2.75) is 32.7 Å². The summed E-state index contributed by atoms with van der Waals surface area (Å²) in [4.78, 5) is 10.6. The van der Waals surface area contributed by atoms with Crippen molar-refractivity contribution in [1.29, 1.82) is 0 Å². The summed E-state index contributed by atoms with van der Waals surface area (Å²) in [5.74, 6) is 0. The van der Waals surface area contributed by atoms with Gasteiger partial charge in [-0.05, 0) is 33.6 Å². The summed E-state index contributed by atoms with van der Waals surface area (Å²) in [6.45, 7) is 12.0. The topological polar surface area (TPSA) is 43.1 Å². The van der Waals surface area contributed by atoms with E-state index >= 15 is 0 Å². The van der Waals surface area contributed by atoms with Crippen LogP contribution in [0.5, 0.6) is 0 Å². The van der Waals surface area contributed by atoms with Crippen molar-refractivity contribution in [1.82, 2.24) is 0 Å². The highest BCUT2D eigenvalue weighted by atomic mass is 28.3. The van der Waals surface area contributed by atoms with Gasteiger partial charge in [-0.15, -0.1) is 0 Å². The number of non-ortho nitro benzene ring substituents is 1. The third-order valence-electron chi connectivity index (χ3n) is 4.86. The van der Waals surface area contributed by atoms with Crippen LogP contribution in [0, 0.1) is 10.1 Å². The molecule has 0 aliphatic carbocycles. The highest BCUT2D eigenvalue weighted by molar-refractivity contribution is 7.13. The first-order chi connectivity index (χ1) is 11.1. The number of nitro benzene ring substituents is 1. The molecule has 2 aromatic carbocycles. The molecule has 2 aromatic rings. The molecule has 0 radical (unpaired) electrons. The zero-order valence-electron chi connectivity index (χ0n) is 14.9. The van der Waals surface area contributed by atoms with Crippen LogP contribution < -0.4 is 5.19 Å². The third kappa shape index (κ3) is 2.57. The van der Waals surface area contributed by atoms with Crippen LogP contribution in [0.3, 0.4) is 0 Å². The first-order valence-corrected chi connectivity index (χ1v) is 14.7. The van der Waals surface area contributed by atoms with Crippen molar-refractivity contribution in [2.75, 3.05) is 0 Å². The molecule has 5 heteroatoms. The van der Waals surface area contributed by atoms with Crippen molar-refractivity contribution in [3.63, 3.8) is 0 Å². The predicted molar refractivity (Wildman–Crippen MR) is 107 cm³/mol. The summed E-state index contributed by atoms with van der Waals surface area (Å²) in [5.41, 5.74) is 2.73.